The Balaban J connectivity index is 1.87. The number of aliphatic hydroxyl groups is 2. The second kappa shape index (κ2) is 4.04. The second-order valence-corrected chi connectivity index (χ2v) is 4.80. The molecule has 0 saturated carbocycles. The van der Waals surface area contributed by atoms with Gasteiger partial charge in [-0.15, -0.1) is 0 Å². The van der Waals surface area contributed by atoms with Crippen LogP contribution < -0.4 is 5.73 Å². The minimum absolute atomic E-state index is 0.0406. The lowest BCUT2D eigenvalue weighted by Gasteiger charge is -2.44. The van der Waals surface area contributed by atoms with Crippen molar-refractivity contribution in [1.82, 2.24) is 4.90 Å². The molecule has 3 rings (SSSR count). The van der Waals surface area contributed by atoms with Crippen LogP contribution in [0.4, 0.5) is 4.79 Å². The van der Waals surface area contributed by atoms with Crippen molar-refractivity contribution in [3.8, 4) is 0 Å². The average Bonchev–Trinajstić information content (AvgIpc) is 2.95. The highest BCUT2D eigenvalue weighted by molar-refractivity contribution is 5.70. The Morgan fingerprint density at radius 3 is 2.89 bits per heavy atom. The minimum atomic E-state index is -1.19. The first-order valence-corrected chi connectivity index (χ1v) is 5.88. The lowest BCUT2D eigenvalue weighted by molar-refractivity contribution is -0.234. The Kier molecular flexibility index (Phi) is 2.72. The lowest BCUT2D eigenvalue weighted by atomic mass is 9.87. The van der Waals surface area contributed by atoms with E-state index in [0.29, 0.717) is 6.54 Å². The summed E-state index contributed by atoms with van der Waals surface area (Å²) in [6.07, 6.45) is -3.68. The summed E-state index contributed by atoms with van der Waals surface area (Å²) in [5, 5.41) is 20.3. The van der Waals surface area contributed by atoms with E-state index in [4.69, 9.17) is 19.9 Å². The molecule has 3 saturated heterocycles. The fraction of sp³-hybridized carbons (Fsp3) is 0.900. The van der Waals surface area contributed by atoms with Gasteiger partial charge in [0.15, 0.2) is 6.29 Å². The highest BCUT2D eigenvalue weighted by Crippen LogP contribution is 2.38. The number of aliphatic hydroxyl groups excluding tert-OH is 2. The maximum Gasteiger partial charge on any atom is 0.410 e. The molecule has 3 heterocycles. The number of hydrogen-bond acceptors (Lipinski definition) is 7. The molecule has 0 aromatic rings. The van der Waals surface area contributed by atoms with Crippen molar-refractivity contribution in [2.45, 2.75) is 30.1 Å². The third-order valence-corrected chi connectivity index (χ3v) is 3.83. The van der Waals surface area contributed by atoms with Crippen molar-refractivity contribution in [3.63, 3.8) is 0 Å². The Morgan fingerprint density at radius 1 is 1.50 bits per heavy atom. The number of nitrogens with zero attached hydrogens (tertiary/aromatic N) is 1. The molecule has 1 amide bonds. The second-order valence-electron chi connectivity index (χ2n) is 4.80. The van der Waals surface area contributed by atoms with Crippen LogP contribution in [0.15, 0.2) is 0 Å². The highest BCUT2D eigenvalue weighted by atomic mass is 16.7. The molecule has 0 radical (unpaired) electrons. The highest BCUT2D eigenvalue weighted by Gasteiger charge is 2.61. The van der Waals surface area contributed by atoms with Crippen LogP contribution in [0.2, 0.25) is 0 Å². The summed E-state index contributed by atoms with van der Waals surface area (Å²) in [6, 6.07) is -0.767. The third kappa shape index (κ3) is 1.47. The number of cyclic esters (lactones) is 1. The summed E-state index contributed by atoms with van der Waals surface area (Å²) < 4.78 is 15.8. The van der Waals surface area contributed by atoms with Crippen LogP contribution in [0.5, 0.6) is 0 Å². The largest absolute Gasteiger partial charge is 0.448 e. The molecule has 0 aromatic heterocycles. The van der Waals surface area contributed by atoms with Crippen molar-refractivity contribution in [3.05, 3.63) is 0 Å². The molecule has 18 heavy (non-hydrogen) atoms. The molecule has 8 nitrogen and oxygen atoms in total. The van der Waals surface area contributed by atoms with E-state index in [1.807, 2.05) is 0 Å². The van der Waals surface area contributed by atoms with Crippen LogP contribution >= 0.6 is 0 Å². The Hall–Kier alpha value is -0.930. The fourth-order valence-corrected chi connectivity index (χ4v) is 2.74. The number of carbonyl (C=O) groups is 1. The smallest absolute Gasteiger partial charge is 0.410 e. The van der Waals surface area contributed by atoms with E-state index in [9.17, 15) is 15.0 Å². The van der Waals surface area contributed by atoms with E-state index in [-0.39, 0.29) is 19.8 Å². The van der Waals surface area contributed by atoms with Gasteiger partial charge in [-0.3, -0.25) is 4.90 Å². The molecule has 0 aliphatic carbocycles. The van der Waals surface area contributed by atoms with Gasteiger partial charge in [-0.2, -0.15) is 0 Å². The summed E-state index contributed by atoms with van der Waals surface area (Å²) in [5.74, 6) is 0. The van der Waals surface area contributed by atoms with E-state index in [1.54, 1.807) is 0 Å². The van der Waals surface area contributed by atoms with Gasteiger partial charge in [0.25, 0.3) is 0 Å². The molecule has 0 aromatic carbocycles. The molecular weight excluding hydrogens is 244 g/mol. The number of nitrogens with two attached hydrogens (primary N) is 1. The molecule has 8 heteroatoms. The first kappa shape index (κ1) is 12.1. The zero-order chi connectivity index (χ0) is 12.9. The van der Waals surface area contributed by atoms with Crippen molar-refractivity contribution < 1.29 is 29.2 Å². The molecule has 2 bridgehead atoms. The molecule has 5 atom stereocenters. The van der Waals surface area contributed by atoms with E-state index < -0.39 is 36.2 Å². The molecule has 0 spiro atoms. The van der Waals surface area contributed by atoms with E-state index in [0.717, 1.165) is 0 Å². The molecule has 102 valence electrons. The lowest BCUT2D eigenvalue weighted by Crippen LogP contribution is -2.67. The summed E-state index contributed by atoms with van der Waals surface area (Å²) >= 11 is 0. The zero-order valence-electron chi connectivity index (χ0n) is 9.69. The number of rotatable bonds is 2. The van der Waals surface area contributed by atoms with Crippen LogP contribution in [0, 0.1) is 0 Å². The van der Waals surface area contributed by atoms with Gasteiger partial charge < -0.3 is 30.2 Å². The normalized spacial score (nSPS) is 47.5. The van der Waals surface area contributed by atoms with Crippen LogP contribution in [-0.4, -0.2) is 77.7 Å². The maximum absolute atomic E-state index is 11.5. The molecule has 3 aliphatic rings. The maximum atomic E-state index is 11.5. The van der Waals surface area contributed by atoms with E-state index >= 15 is 0 Å². The standard InChI is InChI=1S/C10H16N2O6/c11-3-10-4-17-8(18-10)5(6(13)7(10)14)12-1-2-16-9(12)15/h5-8,13-14H,1-4,11H2/t5-,6-,7-,8?,10+/m1/s1. The van der Waals surface area contributed by atoms with Gasteiger partial charge in [0.05, 0.1) is 13.2 Å². The minimum Gasteiger partial charge on any atom is -0.448 e. The topological polar surface area (TPSA) is 114 Å². The fourth-order valence-electron chi connectivity index (χ4n) is 2.74. The number of ether oxygens (including phenoxy) is 3. The first-order chi connectivity index (χ1) is 8.59. The van der Waals surface area contributed by atoms with Crippen LogP contribution in [0.25, 0.3) is 0 Å². The van der Waals surface area contributed by atoms with Gasteiger partial charge in [0.2, 0.25) is 0 Å². The predicted octanol–water partition coefficient (Wildman–Crippen LogP) is -2.39. The van der Waals surface area contributed by atoms with Crippen LogP contribution in [0.1, 0.15) is 0 Å². The van der Waals surface area contributed by atoms with Gasteiger partial charge >= 0.3 is 6.09 Å². The summed E-state index contributed by atoms with van der Waals surface area (Å²) in [7, 11) is 0. The van der Waals surface area contributed by atoms with Crippen molar-refractivity contribution in [2.75, 3.05) is 26.3 Å². The van der Waals surface area contributed by atoms with Gasteiger partial charge in [0, 0.05) is 6.54 Å². The number of fused-ring (bicyclic) bond motifs is 2. The van der Waals surface area contributed by atoms with Gasteiger partial charge in [0.1, 0.15) is 30.5 Å². The Bertz CT molecular complexity index is 366. The van der Waals surface area contributed by atoms with Crippen molar-refractivity contribution >= 4 is 6.09 Å². The number of carbonyl (C=O) groups excluding carboxylic acids is 1. The van der Waals surface area contributed by atoms with Gasteiger partial charge in [-0.25, -0.2) is 4.79 Å². The molecule has 1 unspecified atom stereocenters. The monoisotopic (exact) mass is 260 g/mol. The molecule has 4 N–H and O–H groups in total. The van der Waals surface area contributed by atoms with Crippen molar-refractivity contribution in [1.29, 1.82) is 0 Å². The van der Waals surface area contributed by atoms with Gasteiger partial charge in [-0.1, -0.05) is 0 Å². The quantitative estimate of drug-likeness (QED) is 0.507. The third-order valence-electron chi connectivity index (χ3n) is 3.83. The predicted molar refractivity (Wildman–Crippen MR) is 56.5 cm³/mol. The molecule has 3 aliphatic heterocycles. The SMILES string of the molecule is NC[C@@]12COC(O1)[C@H](N1CCOC1=O)[C@@H](O)[C@H]2O. The number of amides is 1. The van der Waals surface area contributed by atoms with E-state index in [2.05, 4.69) is 0 Å². The molecule has 3 fully saturated rings. The van der Waals surface area contributed by atoms with Crippen LogP contribution in [-0.2, 0) is 14.2 Å². The average molecular weight is 260 g/mol. The number of hydrogen-bond donors (Lipinski definition) is 3. The Labute approximate surface area is 103 Å². The summed E-state index contributed by atoms with van der Waals surface area (Å²) in [6.45, 7) is 0.740. The Morgan fingerprint density at radius 2 is 2.28 bits per heavy atom. The first-order valence-electron chi connectivity index (χ1n) is 5.88. The summed E-state index contributed by atoms with van der Waals surface area (Å²) in [4.78, 5) is 12.8. The zero-order valence-corrected chi connectivity index (χ0v) is 9.69. The van der Waals surface area contributed by atoms with Crippen LogP contribution in [0.3, 0.4) is 0 Å². The van der Waals surface area contributed by atoms with E-state index in [1.165, 1.54) is 4.90 Å². The molecular formula is C10H16N2O6. The summed E-state index contributed by atoms with van der Waals surface area (Å²) in [5.41, 5.74) is 4.49. The van der Waals surface area contributed by atoms with Gasteiger partial charge in [-0.05, 0) is 0 Å². The van der Waals surface area contributed by atoms with Crippen molar-refractivity contribution in [2.24, 2.45) is 5.73 Å².